The minimum Gasteiger partial charge on any atom is -0.388 e. The number of methoxy groups -OCH3 is 1. The van der Waals surface area contributed by atoms with Crippen LogP contribution in [0, 0.1) is 16.7 Å². The van der Waals surface area contributed by atoms with Crippen molar-refractivity contribution in [1.29, 1.82) is 0 Å². The van der Waals surface area contributed by atoms with E-state index in [4.69, 9.17) is 9.47 Å². The minimum atomic E-state index is -0.495. The van der Waals surface area contributed by atoms with Crippen molar-refractivity contribution in [3.63, 3.8) is 0 Å². The van der Waals surface area contributed by atoms with Crippen LogP contribution >= 0.6 is 0 Å². The molecule has 2 fully saturated rings. The van der Waals surface area contributed by atoms with Gasteiger partial charge in [0.25, 0.3) is 0 Å². The third-order valence-corrected chi connectivity index (χ3v) is 5.56. The fourth-order valence-electron chi connectivity index (χ4n) is 3.85. The zero-order valence-corrected chi connectivity index (χ0v) is 11.5. The van der Waals surface area contributed by atoms with Crippen molar-refractivity contribution in [3.8, 4) is 0 Å². The van der Waals surface area contributed by atoms with E-state index in [2.05, 4.69) is 20.8 Å². The van der Waals surface area contributed by atoms with Gasteiger partial charge in [-0.1, -0.05) is 20.8 Å². The van der Waals surface area contributed by atoms with Crippen LogP contribution in [0.3, 0.4) is 0 Å². The number of hydrogen-bond donors (Lipinski definition) is 1. The molecule has 0 aromatic rings. The van der Waals surface area contributed by atoms with Crippen LogP contribution in [0.1, 0.15) is 40.0 Å². The molecule has 2 saturated carbocycles. The molecule has 0 amide bonds. The molecule has 0 radical (unpaired) electrons. The smallest absolute Gasteiger partial charge is 0.101 e. The van der Waals surface area contributed by atoms with Gasteiger partial charge in [-0.3, -0.25) is 0 Å². The molecule has 2 aliphatic rings. The maximum atomic E-state index is 9.64. The first-order valence-corrected chi connectivity index (χ1v) is 6.70. The zero-order chi connectivity index (χ0) is 12.7. The fraction of sp³-hybridized carbons (Fsp3) is 1.00. The highest BCUT2D eigenvalue weighted by Crippen LogP contribution is 2.66. The summed E-state index contributed by atoms with van der Waals surface area (Å²) in [7, 11) is 1.60. The lowest BCUT2D eigenvalue weighted by Crippen LogP contribution is -2.38. The molecule has 100 valence electrons. The Bertz CT molecular complexity index is 277. The summed E-state index contributed by atoms with van der Waals surface area (Å²) in [4.78, 5) is 0. The monoisotopic (exact) mass is 242 g/mol. The van der Waals surface area contributed by atoms with E-state index in [1.165, 1.54) is 12.8 Å². The van der Waals surface area contributed by atoms with E-state index in [1.807, 2.05) is 0 Å². The van der Waals surface area contributed by atoms with Crippen LogP contribution in [0.15, 0.2) is 0 Å². The standard InChI is InChI=1S/C14H26O3/c1-13(2)10-5-6-14(13,3)12(7-10)17-9-11(15)8-16-4/h10-12,15H,5-9H2,1-4H3. The molecule has 2 rings (SSSR count). The maximum absolute atomic E-state index is 9.64. The van der Waals surface area contributed by atoms with E-state index in [-0.39, 0.29) is 5.41 Å². The molecular weight excluding hydrogens is 216 g/mol. The topological polar surface area (TPSA) is 38.7 Å². The van der Waals surface area contributed by atoms with Crippen LogP contribution in [0.4, 0.5) is 0 Å². The highest BCUT2D eigenvalue weighted by atomic mass is 16.5. The summed E-state index contributed by atoms with van der Waals surface area (Å²) in [5.74, 6) is 0.789. The van der Waals surface area contributed by atoms with E-state index in [0.29, 0.717) is 24.7 Å². The normalized spacial score (nSPS) is 40.8. The summed E-state index contributed by atoms with van der Waals surface area (Å²) in [5.41, 5.74) is 0.661. The highest BCUT2D eigenvalue weighted by Gasteiger charge is 2.61. The van der Waals surface area contributed by atoms with E-state index >= 15 is 0 Å². The Morgan fingerprint density at radius 3 is 2.47 bits per heavy atom. The van der Waals surface area contributed by atoms with Crippen molar-refractivity contribution < 1.29 is 14.6 Å². The third kappa shape index (κ3) is 2.02. The second kappa shape index (κ2) is 4.52. The second-order valence-electron chi connectivity index (χ2n) is 6.54. The molecule has 3 nitrogen and oxygen atoms in total. The average molecular weight is 242 g/mol. The van der Waals surface area contributed by atoms with Crippen molar-refractivity contribution in [3.05, 3.63) is 0 Å². The number of aliphatic hydroxyl groups excluding tert-OH is 1. The molecule has 2 bridgehead atoms. The lowest BCUT2D eigenvalue weighted by atomic mass is 9.70. The Labute approximate surface area is 104 Å². The lowest BCUT2D eigenvalue weighted by Gasteiger charge is -2.39. The highest BCUT2D eigenvalue weighted by molar-refractivity contribution is 5.11. The SMILES string of the molecule is COCC(O)COC1CC2CCC1(C)C2(C)C. The van der Waals surface area contributed by atoms with Crippen LogP contribution in [0.5, 0.6) is 0 Å². The lowest BCUT2D eigenvalue weighted by molar-refractivity contribution is -0.0858. The third-order valence-electron chi connectivity index (χ3n) is 5.56. The Morgan fingerprint density at radius 2 is 2.00 bits per heavy atom. The first-order valence-electron chi connectivity index (χ1n) is 6.70. The first-order chi connectivity index (χ1) is 7.91. The summed E-state index contributed by atoms with van der Waals surface area (Å²) < 4.78 is 10.9. The van der Waals surface area contributed by atoms with Crippen molar-refractivity contribution in [2.24, 2.45) is 16.7 Å². The minimum absolute atomic E-state index is 0.282. The molecular formula is C14H26O3. The van der Waals surface area contributed by atoms with Gasteiger partial charge in [-0.05, 0) is 36.0 Å². The summed E-state index contributed by atoms with van der Waals surface area (Å²) >= 11 is 0. The molecule has 0 heterocycles. The van der Waals surface area contributed by atoms with Gasteiger partial charge in [0.15, 0.2) is 0 Å². The molecule has 2 aliphatic carbocycles. The van der Waals surface area contributed by atoms with Crippen LogP contribution in [-0.4, -0.2) is 37.6 Å². The van der Waals surface area contributed by atoms with Crippen LogP contribution < -0.4 is 0 Å². The summed E-state index contributed by atoms with van der Waals surface area (Å²) in [6.07, 6.45) is 3.57. The molecule has 0 spiro atoms. The molecule has 3 heteroatoms. The fourth-order valence-corrected chi connectivity index (χ4v) is 3.85. The number of rotatable bonds is 5. The van der Waals surface area contributed by atoms with Crippen LogP contribution in [0.25, 0.3) is 0 Å². The molecule has 1 N–H and O–H groups in total. The van der Waals surface area contributed by atoms with E-state index < -0.39 is 6.10 Å². The largest absolute Gasteiger partial charge is 0.388 e. The number of hydrogen-bond acceptors (Lipinski definition) is 3. The van der Waals surface area contributed by atoms with E-state index in [1.54, 1.807) is 7.11 Å². The van der Waals surface area contributed by atoms with E-state index in [0.717, 1.165) is 12.3 Å². The first kappa shape index (κ1) is 13.3. The molecule has 0 saturated heterocycles. The molecule has 17 heavy (non-hydrogen) atoms. The summed E-state index contributed by atoms with van der Waals surface area (Å²) in [6.45, 7) is 7.86. The molecule has 4 unspecified atom stereocenters. The Kier molecular flexibility index (Phi) is 3.54. The van der Waals surface area contributed by atoms with Gasteiger partial charge >= 0.3 is 0 Å². The molecule has 0 aromatic carbocycles. The van der Waals surface area contributed by atoms with Gasteiger partial charge < -0.3 is 14.6 Å². The van der Waals surface area contributed by atoms with Crippen molar-refractivity contribution in [1.82, 2.24) is 0 Å². The van der Waals surface area contributed by atoms with Gasteiger partial charge in [-0.2, -0.15) is 0 Å². The van der Waals surface area contributed by atoms with Gasteiger partial charge in [0.2, 0.25) is 0 Å². The van der Waals surface area contributed by atoms with Crippen molar-refractivity contribution >= 4 is 0 Å². The summed E-state index contributed by atoms with van der Waals surface area (Å²) in [6, 6.07) is 0. The molecule has 0 aromatic heterocycles. The molecule has 0 aliphatic heterocycles. The predicted molar refractivity (Wildman–Crippen MR) is 66.9 cm³/mol. The number of fused-ring (bicyclic) bond motifs is 2. The number of ether oxygens (including phenoxy) is 2. The van der Waals surface area contributed by atoms with Crippen molar-refractivity contribution in [2.75, 3.05) is 20.3 Å². The Hall–Kier alpha value is -0.120. The number of aliphatic hydroxyl groups is 1. The quantitative estimate of drug-likeness (QED) is 0.803. The zero-order valence-electron chi connectivity index (χ0n) is 11.5. The predicted octanol–water partition coefficient (Wildman–Crippen LogP) is 2.23. The van der Waals surface area contributed by atoms with Crippen LogP contribution in [0.2, 0.25) is 0 Å². The summed E-state index contributed by atoms with van der Waals surface area (Å²) in [5, 5.41) is 9.64. The van der Waals surface area contributed by atoms with Crippen LogP contribution in [-0.2, 0) is 9.47 Å². The van der Waals surface area contributed by atoms with Gasteiger partial charge in [0, 0.05) is 7.11 Å². The Morgan fingerprint density at radius 1 is 1.29 bits per heavy atom. The van der Waals surface area contributed by atoms with Gasteiger partial charge in [-0.25, -0.2) is 0 Å². The van der Waals surface area contributed by atoms with Gasteiger partial charge in [0.1, 0.15) is 6.10 Å². The van der Waals surface area contributed by atoms with Crippen molar-refractivity contribution in [2.45, 2.75) is 52.2 Å². The Balaban J connectivity index is 1.92. The van der Waals surface area contributed by atoms with Gasteiger partial charge in [0.05, 0.1) is 19.3 Å². The second-order valence-corrected chi connectivity index (χ2v) is 6.54. The van der Waals surface area contributed by atoms with E-state index in [9.17, 15) is 5.11 Å². The maximum Gasteiger partial charge on any atom is 0.101 e. The van der Waals surface area contributed by atoms with Gasteiger partial charge in [-0.15, -0.1) is 0 Å². The molecule has 4 atom stereocenters. The average Bonchev–Trinajstić information content (AvgIpc) is 2.59.